The van der Waals surface area contributed by atoms with E-state index >= 15 is 0 Å². The average molecular weight is 345 g/mol. The molecule has 25 heavy (non-hydrogen) atoms. The van der Waals surface area contributed by atoms with Gasteiger partial charge in [-0.3, -0.25) is 9.59 Å². The third-order valence-electron chi connectivity index (χ3n) is 3.96. The molecule has 1 amide bonds. The SMILES string of the molecule is CCn1cc(C(=O)N[C@@H](CC(C)C)C(=O)O)c(=O)c2ccc(C)nc21. The molecule has 0 aliphatic rings. The van der Waals surface area contributed by atoms with E-state index < -0.39 is 23.3 Å². The first-order valence-corrected chi connectivity index (χ1v) is 8.29. The molecule has 7 heteroatoms. The minimum atomic E-state index is -1.11. The second-order valence-electron chi connectivity index (χ2n) is 6.48. The van der Waals surface area contributed by atoms with Crippen molar-refractivity contribution in [3.63, 3.8) is 0 Å². The van der Waals surface area contributed by atoms with Crippen LogP contribution in [0.4, 0.5) is 0 Å². The highest BCUT2D eigenvalue weighted by atomic mass is 16.4. The Labute approximate surface area is 145 Å². The molecule has 0 radical (unpaired) electrons. The molecule has 7 nitrogen and oxygen atoms in total. The zero-order valence-electron chi connectivity index (χ0n) is 14.9. The zero-order valence-corrected chi connectivity index (χ0v) is 14.9. The van der Waals surface area contributed by atoms with E-state index in [1.807, 2.05) is 27.7 Å². The van der Waals surface area contributed by atoms with Crippen LogP contribution in [0.15, 0.2) is 23.1 Å². The van der Waals surface area contributed by atoms with Gasteiger partial charge in [-0.2, -0.15) is 0 Å². The molecule has 2 aromatic rings. The van der Waals surface area contributed by atoms with E-state index in [1.165, 1.54) is 6.20 Å². The van der Waals surface area contributed by atoms with E-state index in [1.54, 1.807) is 16.7 Å². The first-order valence-electron chi connectivity index (χ1n) is 8.29. The van der Waals surface area contributed by atoms with Crippen LogP contribution in [-0.4, -0.2) is 32.6 Å². The lowest BCUT2D eigenvalue weighted by Gasteiger charge is -2.17. The number of aliphatic carboxylic acids is 1. The summed E-state index contributed by atoms with van der Waals surface area (Å²) in [4.78, 5) is 40.9. The maximum absolute atomic E-state index is 12.7. The van der Waals surface area contributed by atoms with E-state index in [9.17, 15) is 19.5 Å². The molecule has 0 unspecified atom stereocenters. The van der Waals surface area contributed by atoms with Crippen LogP contribution in [0.3, 0.4) is 0 Å². The van der Waals surface area contributed by atoms with Gasteiger partial charge in [-0.15, -0.1) is 0 Å². The minimum absolute atomic E-state index is 0.0741. The van der Waals surface area contributed by atoms with E-state index in [0.29, 0.717) is 17.6 Å². The largest absolute Gasteiger partial charge is 0.480 e. The Hall–Kier alpha value is -2.70. The highest BCUT2D eigenvalue weighted by Crippen LogP contribution is 2.12. The topological polar surface area (TPSA) is 101 Å². The molecule has 0 fully saturated rings. The second kappa shape index (κ2) is 7.46. The molecule has 2 N–H and O–H groups in total. The van der Waals surface area contributed by atoms with Crippen molar-refractivity contribution in [2.24, 2.45) is 5.92 Å². The van der Waals surface area contributed by atoms with Crippen LogP contribution in [0, 0.1) is 12.8 Å². The normalized spacial score (nSPS) is 12.4. The van der Waals surface area contributed by atoms with Crippen LogP contribution >= 0.6 is 0 Å². The molecular weight excluding hydrogens is 322 g/mol. The van der Waals surface area contributed by atoms with Crippen molar-refractivity contribution in [1.29, 1.82) is 0 Å². The smallest absolute Gasteiger partial charge is 0.326 e. The van der Waals surface area contributed by atoms with Crippen molar-refractivity contribution in [2.75, 3.05) is 0 Å². The van der Waals surface area contributed by atoms with Gasteiger partial charge >= 0.3 is 5.97 Å². The summed E-state index contributed by atoms with van der Waals surface area (Å²) in [6.45, 7) is 7.98. The van der Waals surface area contributed by atoms with Crippen LogP contribution in [0.1, 0.15) is 43.2 Å². The highest BCUT2D eigenvalue weighted by Gasteiger charge is 2.24. The van der Waals surface area contributed by atoms with Crippen molar-refractivity contribution in [1.82, 2.24) is 14.9 Å². The fourth-order valence-electron chi connectivity index (χ4n) is 2.69. The summed E-state index contributed by atoms with van der Waals surface area (Å²) < 4.78 is 1.72. The third-order valence-corrected chi connectivity index (χ3v) is 3.96. The summed E-state index contributed by atoms with van der Waals surface area (Å²) in [6, 6.07) is 2.32. The number of carbonyl (C=O) groups is 2. The van der Waals surface area contributed by atoms with Gasteiger partial charge in [0.1, 0.15) is 17.3 Å². The Morgan fingerprint density at radius 2 is 2.00 bits per heavy atom. The quantitative estimate of drug-likeness (QED) is 0.833. The molecule has 0 aliphatic heterocycles. The van der Waals surface area contributed by atoms with E-state index in [2.05, 4.69) is 10.3 Å². The summed E-state index contributed by atoms with van der Waals surface area (Å²) in [7, 11) is 0. The van der Waals surface area contributed by atoms with Gasteiger partial charge in [-0.1, -0.05) is 13.8 Å². The number of hydrogen-bond acceptors (Lipinski definition) is 4. The first-order chi connectivity index (χ1) is 11.7. The summed E-state index contributed by atoms with van der Waals surface area (Å²) >= 11 is 0. The van der Waals surface area contributed by atoms with Crippen molar-refractivity contribution < 1.29 is 14.7 Å². The average Bonchev–Trinajstić information content (AvgIpc) is 2.53. The number of aromatic nitrogens is 2. The van der Waals surface area contributed by atoms with Gasteiger partial charge in [0.15, 0.2) is 0 Å². The zero-order chi connectivity index (χ0) is 18.7. The van der Waals surface area contributed by atoms with Crippen LogP contribution < -0.4 is 10.7 Å². The number of nitrogens with zero attached hydrogens (tertiary/aromatic N) is 2. The van der Waals surface area contributed by atoms with E-state index in [-0.39, 0.29) is 17.9 Å². The molecule has 0 aliphatic carbocycles. The lowest BCUT2D eigenvalue weighted by molar-refractivity contribution is -0.139. The number of hydrogen-bond donors (Lipinski definition) is 2. The van der Waals surface area contributed by atoms with Gasteiger partial charge in [0.2, 0.25) is 5.43 Å². The lowest BCUT2D eigenvalue weighted by atomic mass is 10.0. The number of amides is 1. The Bertz CT molecular complexity index is 870. The number of carbonyl (C=O) groups excluding carboxylic acids is 1. The molecule has 0 bridgehead atoms. The maximum atomic E-state index is 12.7. The molecular formula is C18H23N3O4. The van der Waals surface area contributed by atoms with Crippen LogP contribution in [0.25, 0.3) is 11.0 Å². The minimum Gasteiger partial charge on any atom is -0.480 e. The number of rotatable bonds is 6. The van der Waals surface area contributed by atoms with Crippen molar-refractivity contribution in [3.8, 4) is 0 Å². The Morgan fingerprint density at radius 3 is 2.56 bits per heavy atom. The third kappa shape index (κ3) is 4.04. The Balaban J connectivity index is 2.48. The fraction of sp³-hybridized carbons (Fsp3) is 0.444. The molecule has 0 saturated heterocycles. The molecule has 2 heterocycles. The summed E-state index contributed by atoms with van der Waals surface area (Å²) in [5.74, 6) is -1.70. The summed E-state index contributed by atoms with van der Waals surface area (Å²) in [5, 5.41) is 12.1. The number of carboxylic acid groups (broad SMARTS) is 1. The van der Waals surface area contributed by atoms with Gasteiger partial charge in [0.05, 0.1) is 5.39 Å². The predicted octanol–water partition coefficient (Wildman–Crippen LogP) is 1.95. The summed E-state index contributed by atoms with van der Waals surface area (Å²) in [6.07, 6.45) is 1.73. The van der Waals surface area contributed by atoms with E-state index in [0.717, 1.165) is 5.69 Å². The number of carboxylic acids is 1. The van der Waals surface area contributed by atoms with Crippen LogP contribution in [-0.2, 0) is 11.3 Å². The first kappa shape index (κ1) is 18.6. The molecule has 2 aromatic heterocycles. The summed E-state index contributed by atoms with van der Waals surface area (Å²) in [5.41, 5.74) is 0.767. The Morgan fingerprint density at radius 1 is 1.32 bits per heavy atom. The molecule has 2 rings (SSSR count). The highest BCUT2D eigenvalue weighted by molar-refractivity contribution is 5.98. The standard InChI is InChI=1S/C18H23N3O4/c1-5-21-9-13(15(22)12-7-6-11(4)19-16(12)21)17(23)20-14(18(24)25)8-10(2)3/h6-7,9-10,14H,5,8H2,1-4H3,(H,20,23)(H,24,25)/t14-/m0/s1. The second-order valence-corrected chi connectivity index (χ2v) is 6.48. The number of aryl methyl sites for hydroxylation is 2. The predicted molar refractivity (Wildman–Crippen MR) is 94.8 cm³/mol. The van der Waals surface area contributed by atoms with Crippen LogP contribution in [0.2, 0.25) is 0 Å². The van der Waals surface area contributed by atoms with Crippen molar-refractivity contribution in [3.05, 3.63) is 39.8 Å². The van der Waals surface area contributed by atoms with Gasteiger partial charge in [0.25, 0.3) is 5.91 Å². The molecule has 0 saturated carbocycles. The van der Waals surface area contributed by atoms with Crippen molar-refractivity contribution >= 4 is 22.9 Å². The van der Waals surface area contributed by atoms with Gasteiger partial charge in [0, 0.05) is 18.4 Å². The monoisotopic (exact) mass is 345 g/mol. The molecule has 0 aromatic carbocycles. The lowest BCUT2D eigenvalue weighted by Crippen LogP contribution is -2.43. The molecule has 1 atom stereocenters. The van der Waals surface area contributed by atoms with Crippen LogP contribution in [0.5, 0.6) is 0 Å². The Kier molecular flexibility index (Phi) is 5.56. The number of pyridine rings is 2. The fourth-order valence-corrected chi connectivity index (χ4v) is 2.69. The van der Waals surface area contributed by atoms with Gasteiger partial charge < -0.3 is 15.0 Å². The van der Waals surface area contributed by atoms with Crippen molar-refractivity contribution in [2.45, 2.75) is 46.7 Å². The number of fused-ring (bicyclic) bond motifs is 1. The maximum Gasteiger partial charge on any atom is 0.326 e. The van der Waals surface area contributed by atoms with Gasteiger partial charge in [-0.25, -0.2) is 9.78 Å². The van der Waals surface area contributed by atoms with E-state index in [4.69, 9.17) is 0 Å². The molecule has 0 spiro atoms. The van der Waals surface area contributed by atoms with Gasteiger partial charge in [-0.05, 0) is 38.3 Å². The number of nitrogens with one attached hydrogen (secondary N) is 1. The molecule has 134 valence electrons.